The normalized spacial score (nSPS) is 14.2. The quantitative estimate of drug-likeness (QED) is 0.768. The molecular weight excluding hydrogens is 238 g/mol. The Morgan fingerprint density at radius 1 is 1.32 bits per heavy atom. The van der Waals surface area contributed by atoms with Crippen LogP contribution in [0.2, 0.25) is 0 Å². The van der Waals surface area contributed by atoms with Gasteiger partial charge in [0.25, 0.3) is 0 Å². The van der Waals surface area contributed by atoms with E-state index in [2.05, 4.69) is 31.3 Å². The lowest BCUT2D eigenvalue weighted by Crippen LogP contribution is -2.43. The van der Waals surface area contributed by atoms with Crippen LogP contribution in [-0.4, -0.2) is 19.6 Å². The maximum atomic E-state index is 11.9. The summed E-state index contributed by atoms with van der Waals surface area (Å²) in [5.41, 5.74) is 0.793. The Bertz CT molecular complexity index is 389. The molecule has 0 fully saturated rings. The molecule has 0 radical (unpaired) electrons. The van der Waals surface area contributed by atoms with Crippen molar-refractivity contribution in [2.75, 3.05) is 13.7 Å². The summed E-state index contributed by atoms with van der Waals surface area (Å²) in [7, 11) is 1.91. The zero-order chi connectivity index (χ0) is 14.3. The highest BCUT2D eigenvalue weighted by Gasteiger charge is 2.34. The highest BCUT2D eigenvalue weighted by Crippen LogP contribution is 2.32. The van der Waals surface area contributed by atoms with Crippen molar-refractivity contribution in [3.05, 3.63) is 35.9 Å². The van der Waals surface area contributed by atoms with E-state index in [9.17, 15) is 4.79 Å². The van der Waals surface area contributed by atoms with Gasteiger partial charge < -0.3 is 10.1 Å². The Balaban J connectivity index is 3.04. The van der Waals surface area contributed by atoms with Crippen molar-refractivity contribution in [1.82, 2.24) is 5.32 Å². The minimum Gasteiger partial charge on any atom is -0.466 e. The summed E-state index contributed by atoms with van der Waals surface area (Å²) in [5, 5.41) is 3.35. The van der Waals surface area contributed by atoms with Crippen molar-refractivity contribution in [2.45, 2.75) is 39.2 Å². The van der Waals surface area contributed by atoms with Crippen molar-refractivity contribution >= 4 is 5.97 Å². The minimum atomic E-state index is -0.346. The van der Waals surface area contributed by atoms with Gasteiger partial charge in [0.1, 0.15) is 0 Å². The van der Waals surface area contributed by atoms with Crippen molar-refractivity contribution in [3.8, 4) is 0 Å². The monoisotopic (exact) mass is 263 g/mol. The van der Waals surface area contributed by atoms with Gasteiger partial charge in [-0.15, -0.1) is 0 Å². The lowest BCUT2D eigenvalue weighted by Gasteiger charge is -2.35. The predicted octanol–water partition coefficient (Wildman–Crippen LogP) is 3.10. The van der Waals surface area contributed by atoms with E-state index in [0.717, 1.165) is 12.0 Å². The fraction of sp³-hybridized carbons (Fsp3) is 0.562. The topological polar surface area (TPSA) is 38.3 Å². The number of hydrogen-bond donors (Lipinski definition) is 1. The van der Waals surface area contributed by atoms with Gasteiger partial charge in [0, 0.05) is 0 Å². The van der Waals surface area contributed by atoms with E-state index in [0.29, 0.717) is 18.9 Å². The molecule has 1 aromatic rings. The molecule has 0 aliphatic rings. The number of nitrogens with one attached hydrogen (secondary N) is 1. The van der Waals surface area contributed by atoms with E-state index in [-0.39, 0.29) is 11.5 Å². The molecule has 0 bridgehead atoms. The summed E-state index contributed by atoms with van der Waals surface area (Å²) in [5.74, 6) is 0.337. The molecule has 0 heterocycles. The van der Waals surface area contributed by atoms with Gasteiger partial charge in [-0.1, -0.05) is 44.2 Å². The van der Waals surface area contributed by atoms with Gasteiger partial charge in [0.05, 0.1) is 18.6 Å². The molecule has 0 aliphatic carbocycles. The summed E-state index contributed by atoms with van der Waals surface area (Å²) in [6.45, 7) is 6.60. The van der Waals surface area contributed by atoms with E-state index in [1.165, 1.54) is 0 Å². The first-order valence-corrected chi connectivity index (χ1v) is 6.94. The molecule has 0 aromatic heterocycles. The average Bonchev–Trinajstić information content (AvgIpc) is 2.38. The summed E-state index contributed by atoms with van der Waals surface area (Å²) in [4.78, 5) is 11.9. The molecule has 0 saturated heterocycles. The van der Waals surface area contributed by atoms with E-state index < -0.39 is 0 Å². The molecule has 106 valence electrons. The second-order valence-electron chi connectivity index (χ2n) is 5.28. The largest absolute Gasteiger partial charge is 0.466 e. The van der Waals surface area contributed by atoms with Crippen LogP contribution in [0.5, 0.6) is 0 Å². The highest BCUT2D eigenvalue weighted by atomic mass is 16.5. The standard InChI is InChI=1S/C16H25NO2/c1-5-19-15(18)12-16(17-4,11-13(2)3)14-9-7-6-8-10-14/h6-10,13,17H,5,11-12H2,1-4H3. The number of carbonyl (C=O) groups excluding carboxylic acids is 1. The number of carbonyl (C=O) groups is 1. The Labute approximate surface area is 116 Å². The Kier molecular flexibility index (Phi) is 6.03. The molecule has 1 N–H and O–H groups in total. The van der Waals surface area contributed by atoms with Gasteiger partial charge in [-0.05, 0) is 31.9 Å². The average molecular weight is 263 g/mol. The van der Waals surface area contributed by atoms with E-state index in [1.54, 1.807) is 0 Å². The second-order valence-corrected chi connectivity index (χ2v) is 5.28. The first kappa shape index (κ1) is 15.7. The summed E-state index contributed by atoms with van der Waals surface area (Å²) in [6, 6.07) is 10.1. The van der Waals surface area contributed by atoms with Crippen LogP contribution < -0.4 is 5.32 Å². The number of esters is 1. The maximum absolute atomic E-state index is 11.9. The molecule has 1 aromatic carbocycles. The van der Waals surface area contributed by atoms with Gasteiger partial charge in [0.2, 0.25) is 0 Å². The molecule has 3 heteroatoms. The third kappa shape index (κ3) is 4.35. The first-order chi connectivity index (χ1) is 9.04. The smallest absolute Gasteiger partial charge is 0.308 e. The lowest BCUT2D eigenvalue weighted by molar-refractivity contribution is -0.145. The van der Waals surface area contributed by atoms with Crippen LogP contribution in [0, 0.1) is 5.92 Å². The van der Waals surface area contributed by atoms with Crippen LogP contribution >= 0.6 is 0 Å². The first-order valence-electron chi connectivity index (χ1n) is 6.94. The second kappa shape index (κ2) is 7.29. The van der Waals surface area contributed by atoms with Crippen LogP contribution in [0.25, 0.3) is 0 Å². The maximum Gasteiger partial charge on any atom is 0.308 e. The lowest BCUT2D eigenvalue weighted by atomic mass is 9.80. The Morgan fingerprint density at radius 3 is 2.42 bits per heavy atom. The summed E-state index contributed by atoms with van der Waals surface area (Å²) >= 11 is 0. The number of ether oxygens (including phenoxy) is 1. The van der Waals surface area contributed by atoms with Gasteiger partial charge in [-0.25, -0.2) is 0 Å². The molecule has 19 heavy (non-hydrogen) atoms. The summed E-state index contributed by atoms with van der Waals surface area (Å²) in [6.07, 6.45) is 1.26. The van der Waals surface area contributed by atoms with Gasteiger partial charge in [-0.3, -0.25) is 4.79 Å². The highest BCUT2D eigenvalue weighted by molar-refractivity contribution is 5.71. The summed E-state index contributed by atoms with van der Waals surface area (Å²) < 4.78 is 5.12. The van der Waals surface area contributed by atoms with Crippen LogP contribution in [0.3, 0.4) is 0 Å². The molecule has 0 spiro atoms. The molecular formula is C16H25NO2. The molecule has 1 unspecified atom stereocenters. The van der Waals surface area contributed by atoms with Gasteiger partial charge >= 0.3 is 5.97 Å². The van der Waals surface area contributed by atoms with Crippen molar-refractivity contribution in [1.29, 1.82) is 0 Å². The van der Waals surface area contributed by atoms with Crippen LogP contribution in [-0.2, 0) is 15.1 Å². The zero-order valence-corrected chi connectivity index (χ0v) is 12.4. The van der Waals surface area contributed by atoms with Crippen molar-refractivity contribution < 1.29 is 9.53 Å². The van der Waals surface area contributed by atoms with Gasteiger partial charge in [0.15, 0.2) is 0 Å². The molecule has 1 atom stereocenters. The molecule has 0 saturated carbocycles. The third-order valence-corrected chi connectivity index (χ3v) is 3.31. The van der Waals surface area contributed by atoms with Crippen LogP contribution in [0.4, 0.5) is 0 Å². The van der Waals surface area contributed by atoms with E-state index in [4.69, 9.17) is 4.74 Å². The molecule has 0 amide bonds. The fourth-order valence-corrected chi connectivity index (χ4v) is 2.54. The van der Waals surface area contributed by atoms with Crippen LogP contribution in [0.15, 0.2) is 30.3 Å². The zero-order valence-electron chi connectivity index (χ0n) is 12.4. The minimum absolute atomic E-state index is 0.152. The molecule has 1 rings (SSSR count). The molecule has 0 aliphatic heterocycles. The van der Waals surface area contributed by atoms with E-state index in [1.807, 2.05) is 32.2 Å². The Morgan fingerprint density at radius 2 is 1.95 bits per heavy atom. The number of rotatable bonds is 7. The number of benzene rings is 1. The third-order valence-electron chi connectivity index (χ3n) is 3.31. The van der Waals surface area contributed by atoms with Crippen molar-refractivity contribution in [3.63, 3.8) is 0 Å². The van der Waals surface area contributed by atoms with Crippen molar-refractivity contribution in [2.24, 2.45) is 5.92 Å². The van der Waals surface area contributed by atoms with E-state index >= 15 is 0 Å². The molecule has 3 nitrogen and oxygen atoms in total. The predicted molar refractivity (Wildman–Crippen MR) is 77.9 cm³/mol. The fourth-order valence-electron chi connectivity index (χ4n) is 2.54. The SMILES string of the molecule is CCOC(=O)CC(CC(C)C)(NC)c1ccccc1. The van der Waals surface area contributed by atoms with Crippen LogP contribution in [0.1, 0.15) is 39.2 Å². The van der Waals surface area contributed by atoms with Gasteiger partial charge in [-0.2, -0.15) is 0 Å². The Hall–Kier alpha value is -1.35. The number of hydrogen-bond acceptors (Lipinski definition) is 3.